The average molecular weight is 894 g/mol. The Hall–Kier alpha value is -2.70. The van der Waals surface area contributed by atoms with Crippen LogP contribution in [0.2, 0.25) is 0 Å². The van der Waals surface area contributed by atoms with E-state index in [2.05, 4.69) is 99.0 Å². The Morgan fingerprint density at radius 2 is 0.906 bits per heavy atom. The third-order valence-electron chi connectivity index (χ3n) is 12.1. The van der Waals surface area contributed by atoms with E-state index in [-0.39, 0.29) is 24.9 Å². The van der Waals surface area contributed by atoms with Gasteiger partial charge in [-0.05, 0) is 83.5 Å². The van der Waals surface area contributed by atoms with Crippen molar-refractivity contribution in [2.45, 2.75) is 277 Å². The summed E-state index contributed by atoms with van der Waals surface area (Å²) in [6.07, 6.45) is 65.3. The molecule has 0 aromatic carbocycles. The van der Waals surface area contributed by atoms with Gasteiger partial charge in [-0.15, -0.1) is 0 Å². The molecule has 0 saturated carbocycles. The highest BCUT2D eigenvalue weighted by Gasteiger charge is 2.24. The zero-order valence-corrected chi connectivity index (χ0v) is 42.1. The number of aliphatic hydroxyl groups excluding tert-OH is 2. The molecule has 3 N–H and O–H groups in total. The molecule has 0 aromatic rings. The standard InChI is InChI=1S/C58H103NO5/c1-4-7-10-13-16-19-22-25-27-28-30-33-36-39-42-45-48-51-58(63)64-54(49-46-43-40-37-34-31-24-21-18-15-12-9-6-3)52-57(62)59-55(53-60)56(61)50-47-44-41-38-35-32-29-26-23-20-17-14-11-8-5-2/h9,12,15-16,18-19,21,24-25,27,30,33,54-56,60-61H,4-8,10-11,13-14,17,20,22-23,26,28-29,31-32,34-53H2,1-3H3,(H,59,62)/b12-9+,18-15+,19-16-,24-21+,27-25-,33-30-. The predicted molar refractivity (Wildman–Crippen MR) is 278 cm³/mol. The monoisotopic (exact) mass is 894 g/mol. The highest BCUT2D eigenvalue weighted by molar-refractivity contribution is 5.77. The number of ether oxygens (including phenoxy) is 1. The van der Waals surface area contributed by atoms with Gasteiger partial charge in [0.1, 0.15) is 6.10 Å². The van der Waals surface area contributed by atoms with Gasteiger partial charge < -0.3 is 20.3 Å². The van der Waals surface area contributed by atoms with Crippen LogP contribution in [0.4, 0.5) is 0 Å². The number of allylic oxidation sites excluding steroid dienone is 12. The first-order valence-electron chi connectivity index (χ1n) is 27.2. The van der Waals surface area contributed by atoms with Crippen molar-refractivity contribution in [1.29, 1.82) is 0 Å². The van der Waals surface area contributed by atoms with Crippen molar-refractivity contribution < 1.29 is 24.5 Å². The molecule has 6 heteroatoms. The second-order valence-corrected chi connectivity index (χ2v) is 18.3. The second kappa shape index (κ2) is 51.3. The molecule has 0 fully saturated rings. The van der Waals surface area contributed by atoms with Crippen molar-refractivity contribution in [3.05, 3.63) is 72.9 Å². The summed E-state index contributed by atoms with van der Waals surface area (Å²) in [6.45, 7) is 6.32. The normalized spacial score (nSPS) is 13.8. The molecule has 0 aliphatic carbocycles. The maximum Gasteiger partial charge on any atom is 0.306 e. The molecule has 3 unspecified atom stereocenters. The first kappa shape index (κ1) is 61.3. The highest BCUT2D eigenvalue weighted by atomic mass is 16.5. The van der Waals surface area contributed by atoms with Gasteiger partial charge in [0.05, 0.1) is 25.2 Å². The summed E-state index contributed by atoms with van der Waals surface area (Å²) in [5.74, 6) is -0.519. The molecule has 0 aliphatic heterocycles. The number of carbonyl (C=O) groups excluding carboxylic acids is 2. The summed E-state index contributed by atoms with van der Waals surface area (Å²) in [7, 11) is 0. The molecule has 0 spiro atoms. The first-order chi connectivity index (χ1) is 31.5. The average Bonchev–Trinajstić information content (AvgIpc) is 3.29. The molecular formula is C58H103NO5. The summed E-state index contributed by atoms with van der Waals surface area (Å²) in [5, 5.41) is 23.8. The fourth-order valence-corrected chi connectivity index (χ4v) is 7.97. The minimum Gasteiger partial charge on any atom is -0.462 e. The maximum atomic E-state index is 13.2. The van der Waals surface area contributed by atoms with Gasteiger partial charge in [-0.3, -0.25) is 9.59 Å². The Bertz CT molecular complexity index is 1190. The van der Waals surface area contributed by atoms with Crippen LogP contribution in [0.3, 0.4) is 0 Å². The maximum absolute atomic E-state index is 13.2. The van der Waals surface area contributed by atoms with Gasteiger partial charge in [-0.1, -0.05) is 235 Å². The second-order valence-electron chi connectivity index (χ2n) is 18.3. The lowest BCUT2D eigenvalue weighted by molar-refractivity contribution is -0.151. The molecule has 0 radical (unpaired) electrons. The van der Waals surface area contributed by atoms with Gasteiger partial charge in [0, 0.05) is 6.42 Å². The lowest BCUT2D eigenvalue weighted by Crippen LogP contribution is -2.46. The van der Waals surface area contributed by atoms with Crippen LogP contribution in [0.1, 0.15) is 258 Å². The molecule has 0 saturated heterocycles. The number of unbranched alkanes of at least 4 members (excludes halogenated alkanes) is 26. The van der Waals surface area contributed by atoms with Crippen LogP contribution >= 0.6 is 0 Å². The Balaban J connectivity index is 4.61. The molecule has 64 heavy (non-hydrogen) atoms. The van der Waals surface area contributed by atoms with Crippen molar-refractivity contribution in [3.63, 3.8) is 0 Å². The molecule has 1 amide bonds. The van der Waals surface area contributed by atoms with E-state index in [0.29, 0.717) is 19.3 Å². The minimum absolute atomic E-state index is 0.0525. The topological polar surface area (TPSA) is 95.9 Å². The molecule has 0 aromatic heterocycles. The number of hydrogen-bond donors (Lipinski definition) is 3. The largest absolute Gasteiger partial charge is 0.462 e. The first-order valence-corrected chi connectivity index (χ1v) is 27.2. The van der Waals surface area contributed by atoms with E-state index in [0.717, 1.165) is 109 Å². The van der Waals surface area contributed by atoms with Gasteiger partial charge in [-0.25, -0.2) is 0 Å². The van der Waals surface area contributed by atoms with Crippen LogP contribution in [0, 0.1) is 0 Å². The van der Waals surface area contributed by atoms with Crippen LogP contribution in [0.25, 0.3) is 0 Å². The van der Waals surface area contributed by atoms with E-state index in [9.17, 15) is 19.8 Å². The van der Waals surface area contributed by atoms with Gasteiger partial charge in [-0.2, -0.15) is 0 Å². The Morgan fingerprint density at radius 1 is 0.484 bits per heavy atom. The van der Waals surface area contributed by atoms with Gasteiger partial charge in [0.15, 0.2) is 0 Å². The lowest BCUT2D eigenvalue weighted by Gasteiger charge is -2.24. The number of hydrogen-bond acceptors (Lipinski definition) is 5. The van der Waals surface area contributed by atoms with Crippen molar-refractivity contribution in [1.82, 2.24) is 5.32 Å². The van der Waals surface area contributed by atoms with Gasteiger partial charge >= 0.3 is 5.97 Å². The third kappa shape index (κ3) is 45.9. The minimum atomic E-state index is -0.801. The number of aliphatic hydroxyl groups is 2. The summed E-state index contributed by atoms with van der Waals surface area (Å²) in [5.41, 5.74) is 0. The predicted octanol–water partition coefficient (Wildman–Crippen LogP) is 16.6. The van der Waals surface area contributed by atoms with Crippen LogP contribution < -0.4 is 5.32 Å². The Morgan fingerprint density at radius 3 is 1.44 bits per heavy atom. The van der Waals surface area contributed by atoms with Crippen molar-refractivity contribution >= 4 is 11.9 Å². The number of rotatable bonds is 48. The van der Waals surface area contributed by atoms with Crippen molar-refractivity contribution in [2.24, 2.45) is 0 Å². The van der Waals surface area contributed by atoms with E-state index in [1.807, 2.05) is 0 Å². The fraction of sp³-hybridized carbons (Fsp3) is 0.759. The van der Waals surface area contributed by atoms with Crippen LogP contribution in [-0.4, -0.2) is 46.9 Å². The number of esters is 1. The lowest BCUT2D eigenvalue weighted by atomic mass is 10.0. The Labute approximate surface area is 396 Å². The van der Waals surface area contributed by atoms with E-state index < -0.39 is 18.2 Å². The van der Waals surface area contributed by atoms with E-state index >= 15 is 0 Å². The summed E-state index contributed by atoms with van der Waals surface area (Å²) < 4.78 is 5.93. The quantitative estimate of drug-likeness (QED) is 0.0245. The van der Waals surface area contributed by atoms with Crippen molar-refractivity contribution in [2.75, 3.05) is 6.61 Å². The molecule has 0 heterocycles. The van der Waals surface area contributed by atoms with Crippen LogP contribution in [-0.2, 0) is 14.3 Å². The summed E-state index contributed by atoms with van der Waals surface area (Å²) >= 11 is 0. The smallest absolute Gasteiger partial charge is 0.306 e. The van der Waals surface area contributed by atoms with Gasteiger partial charge in [0.25, 0.3) is 0 Å². The van der Waals surface area contributed by atoms with E-state index in [4.69, 9.17) is 4.74 Å². The number of amides is 1. The van der Waals surface area contributed by atoms with Crippen molar-refractivity contribution in [3.8, 4) is 0 Å². The summed E-state index contributed by atoms with van der Waals surface area (Å²) in [6, 6.07) is -0.716. The van der Waals surface area contributed by atoms with Crippen LogP contribution in [0.15, 0.2) is 72.9 Å². The molecular weight excluding hydrogens is 791 g/mol. The molecule has 370 valence electrons. The number of nitrogens with one attached hydrogen (secondary N) is 1. The summed E-state index contributed by atoms with van der Waals surface area (Å²) in [4.78, 5) is 26.2. The number of carbonyl (C=O) groups is 2. The molecule has 0 bridgehead atoms. The molecule has 3 atom stereocenters. The van der Waals surface area contributed by atoms with Crippen LogP contribution in [0.5, 0.6) is 0 Å². The van der Waals surface area contributed by atoms with E-state index in [1.165, 1.54) is 103 Å². The zero-order chi connectivity index (χ0) is 46.7. The molecule has 0 aliphatic rings. The third-order valence-corrected chi connectivity index (χ3v) is 12.1. The SMILES string of the molecule is CC/C=C/C=C/C=C/CCCCCCCC(CC(=O)NC(CO)C(O)CCCCCCCCCCCCCCCCC)OC(=O)CCCCCC/C=C\C/C=C\C/C=C\CCCCC. The highest BCUT2D eigenvalue weighted by Crippen LogP contribution is 2.18. The van der Waals surface area contributed by atoms with E-state index in [1.54, 1.807) is 0 Å². The molecule has 6 nitrogen and oxygen atoms in total. The van der Waals surface area contributed by atoms with Gasteiger partial charge in [0.2, 0.25) is 5.91 Å². The Kier molecular flexibility index (Phi) is 49.1. The fourth-order valence-electron chi connectivity index (χ4n) is 7.97. The molecule has 0 rings (SSSR count). The zero-order valence-electron chi connectivity index (χ0n) is 42.1.